The molecular formula is C27H24F5N3O. The molecule has 0 atom stereocenters. The van der Waals surface area contributed by atoms with E-state index in [2.05, 4.69) is 9.88 Å². The molecule has 2 heterocycles. The Morgan fingerprint density at radius 1 is 1.03 bits per heavy atom. The Hall–Kier alpha value is -3.35. The number of hydrogen-bond acceptors (Lipinski definition) is 4. The average Bonchev–Trinajstić information content (AvgIpc) is 2.85. The number of alkyl halides is 3. The van der Waals surface area contributed by atoms with Crippen molar-refractivity contribution in [3.05, 3.63) is 88.6 Å². The zero-order valence-corrected chi connectivity index (χ0v) is 19.6. The standard InChI is InChI=1S/C27H24F5N3O/c1-35-10-8-26(9-11-35,23-7-6-21(28)14-24(23)29)17-36-16-22-12-20(27(30,31)32)13-25(34-22)19-4-2-18(15-33)3-5-19/h2-7,12-14H,8-11,16-17H2,1H3. The fourth-order valence-electron chi connectivity index (χ4n) is 4.50. The first-order valence-corrected chi connectivity index (χ1v) is 11.4. The Morgan fingerprint density at radius 2 is 1.72 bits per heavy atom. The fraction of sp³-hybridized carbons (Fsp3) is 0.333. The monoisotopic (exact) mass is 501 g/mol. The number of nitrogens with zero attached hydrogens (tertiary/aromatic N) is 3. The van der Waals surface area contributed by atoms with Crippen molar-refractivity contribution in [3.63, 3.8) is 0 Å². The summed E-state index contributed by atoms with van der Waals surface area (Å²) in [6.45, 7) is 1.18. The number of likely N-dealkylation sites (tertiary alicyclic amines) is 1. The Kier molecular flexibility index (Phi) is 7.38. The minimum Gasteiger partial charge on any atom is -0.374 e. The van der Waals surface area contributed by atoms with E-state index in [0.717, 1.165) is 18.2 Å². The zero-order chi connectivity index (χ0) is 25.9. The van der Waals surface area contributed by atoms with E-state index < -0.39 is 28.8 Å². The van der Waals surface area contributed by atoms with Gasteiger partial charge in [0.25, 0.3) is 0 Å². The highest BCUT2D eigenvalue weighted by molar-refractivity contribution is 5.61. The number of rotatable bonds is 6. The van der Waals surface area contributed by atoms with Crippen molar-refractivity contribution in [3.8, 4) is 17.3 Å². The predicted molar refractivity (Wildman–Crippen MR) is 124 cm³/mol. The predicted octanol–water partition coefficient (Wildman–Crippen LogP) is 6.10. The molecule has 0 N–H and O–H groups in total. The van der Waals surface area contributed by atoms with Gasteiger partial charge < -0.3 is 9.64 Å². The van der Waals surface area contributed by atoms with Crippen LogP contribution in [0.5, 0.6) is 0 Å². The van der Waals surface area contributed by atoms with Crippen molar-refractivity contribution >= 4 is 0 Å². The largest absolute Gasteiger partial charge is 0.416 e. The van der Waals surface area contributed by atoms with E-state index in [9.17, 15) is 22.0 Å². The molecule has 4 rings (SSSR count). The topological polar surface area (TPSA) is 49.1 Å². The summed E-state index contributed by atoms with van der Waals surface area (Å²) in [5.41, 5.74) is -0.270. The van der Waals surface area contributed by atoms with Crippen LogP contribution in [0.15, 0.2) is 54.6 Å². The molecule has 0 spiro atoms. The maximum atomic E-state index is 14.7. The SMILES string of the molecule is CN1CCC(COCc2cc(C(F)(F)F)cc(-c3ccc(C#N)cc3)n2)(c2ccc(F)cc2F)CC1. The molecule has 0 aliphatic carbocycles. The quantitative estimate of drug-likeness (QED) is 0.383. The summed E-state index contributed by atoms with van der Waals surface area (Å²) >= 11 is 0. The van der Waals surface area contributed by atoms with E-state index in [-0.39, 0.29) is 24.6 Å². The van der Waals surface area contributed by atoms with E-state index in [1.807, 2.05) is 13.1 Å². The Labute approximate surface area is 206 Å². The van der Waals surface area contributed by atoms with Crippen LogP contribution in [0.1, 0.15) is 35.2 Å². The molecule has 188 valence electrons. The number of nitriles is 1. The van der Waals surface area contributed by atoms with E-state index in [1.54, 1.807) is 0 Å². The van der Waals surface area contributed by atoms with E-state index >= 15 is 0 Å². The summed E-state index contributed by atoms with van der Waals surface area (Å²) in [6, 6.07) is 13.4. The molecule has 1 saturated heterocycles. The van der Waals surface area contributed by atoms with Gasteiger partial charge in [0.1, 0.15) is 11.6 Å². The first-order chi connectivity index (χ1) is 17.1. The van der Waals surface area contributed by atoms with Crippen LogP contribution in [0, 0.1) is 23.0 Å². The van der Waals surface area contributed by atoms with E-state index in [0.29, 0.717) is 42.6 Å². The van der Waals surface area contributed by atoms with Crippen LogP contribution in [0.4, 0.5) is 22.0 Å². The van der Waals surface area contributed by atoms with Gasteiger partial charge in [-0.2, -0.15) is 18.4 Å². The summed E-state index contributed by atoms with van der Waals surface area (Å²) in [5.74, 6) is -1.34. The maximum absolute atomic E-state index is 14.7. The number of hydrogen-bond donors (Lipinski definition) is 0. The molecule has 9 heteroatoms. The van der Waals surface area contributed by atoms with Crippen molar-refractivity contribution in [1.29, 1.82) is 5.26 Å². The second-order valence-electron chi connectivity index (χ2n) is 9.12. The summed E-state index contributed by atoms with van der Waals surface area (Å²) in [5, 5.41) is 8.97. The lowest BCUT2D eigenvalue weighted by molar-refractivity contribution is -0.137. The molecule has 0 bridgehead atoms. The fourth-order valence-corrected chi connectivity index (χ4v) is 4.50. The van der Waals surface area contributed by atoms with Crippen LogP contribution in [0.3, 0.4) is 0 Å². The molecule has 2 aromatic carbocycles. The molecule has 0 unspecified atom stereocenters. The molecule has 1 aliphatic heterocycles. The van der Waals surface area contributed by atoms with Gasteiger partial charge in [-0.05, 0) is 68.9 Å². The van der Waals surface area contributed by atoms with Crippen LogP contribution in [0.25, 0.3) is 11.3 Å². The molecule has 1 fully saturated rings. The lowest BCUT2D eigenvalue weighted by Crippen LogP contribution is -2.44. The number of halogens is 5. The summed E-state index contributed by atoms with van der Waals surface area (Å²) in [4.78, 5) is 6.45. The van der Waals surface area contributed by atoms with Crippen molar-refractivity contribution in [2.24, 2.45) is 0 Å². The van der Waals surface area contributed by atoms with Gasteiger partial charge in [0, 0.05) is 17.0 Å². The highest BCUT2D eigenvalue weighted by atomic mass is 19.4. The molecule has 0 radical (unpaired) electrons. The molecule has 1 aromatic heterocycles. The molecule has 4 nitrogen and oxygen atoms in total. The second kappa shape index (κ2) is 10.3. The molecule has 0 amide bonds. The Bertz CT molecular complexity index is 1260. The summed E-state index contributed by atoms with van der Waals surface area (Å²) < 4.78 is 75.0. The van der Waals surface area contributed by atoms with Crippen LogP contribution < -0.4 is 0 Å². The normalized spacial score (nSPS) is 16.0. The molecule has 36 heavy (non-hydrogen) atoms. The van der Waals surface area contributed by atoms with Crippen LogP contribution >= 0.6 is 0 Å². The summed E-state index contributed by atoms with van der Waals surface area (Å²) in [6.07, 6.45) is -3.48. The number of aromatic nitrogens is 1. The lowest BCUT2D eigenvalue weighted by atomic mass is 9.73. The van der Waals surface area contributed by atoms with Gasteiger partial charge in [0.2, 0.25) is 0 Å². The zero-order valence-electron chi connectivity index (χ0n) is 19.6. The molecule has 1 aliphatic rings. The Balaban J connectivity index is 1.60. The number of ether oxygens (including phenoxy) is 1. The van der Waals surface area contributed by atoms with Crippen molar-refractivity contribution in [2.45, 2.75) is 31.0 Å². The third-order valence-corrected chi connectivity index (χ3v) is 6.59. The van der Waals surface area contributed by atoms with Gasteiger partial charge in [-0.1, -0.05) is 18.2 Å². The highest BCUT2D eigenvalue weighted by Gasteiger charge is 2.38. The van der Waals surface area contributed by atoms with E-state index in [1.165, 1.54) is 36.4 Å². The third-order valence-electron chi connectivity index (χ3n) is 6.59. The lowest BCUT2D eigenvalue weighted by Gasteiger charge is -2.41. The number of pyridine rings is 1. The number of benzene rings is 2. The van der Waals surface area contributed by atoms with Gasteiger partial charge in [0.05, 0.1) is 41.8 Å². The van der Waals surface area contributed by atoms with Crippen LogP contribution in [-0.2, 0) is 22.9 Å². The second-order valence-corrected chi connectivity index (χ2v) is 9.12. The first kappa shape index (κ1) is 25.7. The molecule has 0 saturated carbocycles. The van der Waals surface area contributed by atoms with Gasteiger partial charge >= 0.3 is 6.18 Å². The van der Waals surface area contributed by atoms with Crippen molar-refractivity contribution in [2.75, 3.05) is 26.7 Å². The minimum absolute atomic E-state index is 0.0491. The number of piperidine rings is 1. The molecular weight excluding hydrogens is 477 g/mol. The van der Waals surface area contributed by atoms with E-state index in [4.69, 9.17) is 10.00 Å². The summed E-state index contributed by atoms with van der Waals surface area (Å²) in [7, 11) is 1.95. The minimum atomic E-state index is -4.59. The third kappa shape index (κ3) is 5.72. The Morgan fingerprint density at radius 3 is 2.33 bits per heavy atom. The van der Waals surface area contributed by atoms with Gasteiger partial charge in [-0.25, -0.2) is 8.78 Å². The van der Waals surface area contributed by atoms with Gasteiger partial charge in [-0.3, -0.25) is 4.98 Å². The first-order valence-electron chi connectivity index (χ1n) is 11.4. The average molecular weight is 501 g/mol. The molecule has 3 aromatic rings. The highest BCUT2D eigenvalue weighted by Crippen LogP contribution is 2.38. The van der Waals surface area contributed by atoms with Gasteiger partial charge in [-0.15, -0.1) is 0 Å². The maximum Gasteiger partial charge on any atom is 0.416 e. The van der Waals surface area contributed by atoms with Crippen LogP contribution in [-0.4, -0.2) is 36.6 Å². The van der Waals surface area contributed by atoms with Crippen LogP contribution in [0.2, 0.25) is 0 Å². The van der Waals surface area contributed by atoms with Gasteiger partial charge in [0.15, 0.2) is 0 Å². The smallest absolute Gasteiger partial charge is 0.374 e. The van der Waals surface area contributed by atoms with Crippen molar-refractivity contribution in [1.82, 2.24) is 9.88 Å². The van der Waals surface area contributed by atoms with Crippen molar-refractivity contribution < 1.29 is 26.7 Å².